The number of benzene rings is 2. The van der Waals surface area contributed by atoms with Gasteiger partial charge in [-0.05, 0) is 50.5 Å². The van der Waals surface area contributed by atoms with E-state index < -0.39 is 6.04 Å². The molecule has 1 N–H and O–H groups in total. The van der Waals surface area contributed by atoms with E-state index in [9.17, 15) is 9.59 Å². The molecule has 0 fully saturated rings. The summed E-state index contributed by atoms with van der Waals surface area (Å²) in [6.07, 6.45) is 1.45. The van der Waals surface area contributed by atoms with E-state index in [1.807, 2.05) is 44.2 Å². The summed E-state index contributed by atoms with van der Waals surface area (Å²) < 4.78 is 5.61. The van der Waals surface area contributed by atoms with Gasteiger partial charge in [0.05, 0.1) is 5.02 Å². The monoisotopic (exact) mass is 450 g/mol. The number of carbonyl (C=O) groups is 2. The zero-order valence-electron chi connectivity index (χ0n) is 17.5. The quantitative estimate of drug-likeness (QED) is 0.568. The van der Waals surface area contributed by atoms with Gasteiger partial charge in [-0.15, -0.1) is 0 Å². The van der Waals surface area contributed by atoms with E-state index in [2.05, 4.69) is 5.32 Å². The topological polar surface area (TPSA) is 58.6 Å². The van der Waals surface area contributed by atoms with Crippen LogP contribution in [0.1, 0.15) is 32.8 Å². The first-order valence-electron chi connectivity index (χ1n) is 10.0. The molecule has 0 spiro atoms. The van der Waals surface area contributed by atoms with Crippen molar-refractivity contribution in [3.8, 4) is 5.75 Å². The second-order valence-corrected chi connectivity index (χ2v) is 8.02. The van der Waals surface area contributed by atoms with E-state index in [0.717, 1.165) is 12.0 Å². The summed E-state index contributed by atoms with van der Waals surface area (Å²) in [5.41, 5.74) is 1.09. The van der Waals surface area contributed by atoms with Gasteiger partial charge in [-0.3, -0.25) is 9.59 Å². The van der Waals surface area contributed by atoms with Crippen LogP contribution in [0.4, 0.5) is 0 Å². The molecule has 5 nitrogen and oxygen atoms in total. The number of rotatable bonds is 10. The van der Waals surface area contributed by atoms with Crippen molar-refractivity contribution in [3.05, 3.63) is 64.1 Å². The molecule has 0 saturated heterocycles. The molecule has 162 valence electrons. The second kappa shape index (κ2) is 11.8. The first kappa shape index (κ1) is 24.0. The zero-order chi connectivity index (χ0) is 22.1. The molecular weight excluding hydrogens is 423 g/mol. The van der Waals surface area contributed by atoms with Gasteiger partial charge in [-0.1, -0.05) is 60.5 Å². The predicted molar refractivity (Wildman–Crippen MR) is 121 cm³/mol. The molecule has 0 saturated carbocycles. The van der Waals surface area contributed by atoms with Crippen LogP contribution in [0.2, 0.25) is 10.0 Å². The third-order valence-electron chi connectivity index (χ3n) is 4.90. The average molecular weight is 451 g/mol. The lowest BCUT2D eigenvalue weighted by atomic mass is 10.1. The van der Waals surface area contributed by atoms with E-state index in [0.29, 0.717) is 28.8 Å². The first-order chi connectivity index (χ1) is 14.3. The van der Waals surface area contributed by atoms with E-state index in [1.54, 1.807) is 30.0 Å². The standard InChI is InChI=1S/C23H28Cl2N2O3/c1-4-16(2)26-23(29)17(3)27(13-12-18-8-6-5-7-9-18)22(28)15-30-21-11-10-19(24)14-20(21)25/h5-11,14,16-17H,4,12-13,15H2,1-3H3,(H,26,29). The third kappa shape index (κ3) is 7.22. The van der Waals surface area contributed by atoms with Crippen LogP contribution in [0, 0.1) is 0 Å². The van der Waals surface area contributed by atoms with Crippen LogP contribution < -0.4 is 10.1 Å². The van der Waals surface area contributed by atoms with Crippen molar-refractivity contribution in [3.63, 3.8) is 0 Å². The molecule has 0 heterocycles. The Hall–Kier alpha value is -2.24. The van der Waals surface area contributed by atoms with Gasteiger partial charge in [0.15, 0.2) is 6.61 Å². The minimum Gasteiger partial charge on any atom is -0.482 e. The lowest BCUT2D eigenvalue weighted by Gasteiger charge is -2.29. The van der Waals surface area contributed by atoms with Crippen LogP contribution in [-0.2, 0) is 16.0 Å². The fourth-order valence-corrected chi connectivity index (χ4v) is 3.31. The van der Waals surface area contributed by atoms with Gasteiger partial charge < -0.3 is 15.0 Å². The zero-order valence-corrected chi connectivity index (χ0v) is 19.0. The molecule has 2 atom stereocenters. The number of ether oxygens (including phenoxy) is 1. The molecule has 0 aliphatic rings. The van der Waals surface area contributed by atoms with Crippen molar-refractivity contribution in [2.45, 2.75) is 45.7 Å². The molecule has 0 aliphatic carbocycles. The highest BCUT2D eigenvalue weighted by Crippen LogP contribution is 2.27. The highest BCUT2D eigenvalue weighted by molar-refractivity contribution is 6.35. The van der Waals surface area contributed by atoms with Gasteiger partial charge in [0.25, 0.3) is 5.91 Å². The molecule has 2 aromatic rings. The normalized spacial score (nSPS) is 12.7. The van der Waals surface area contributed by atoms with E-state index in [-0.39, 0.29) is 24.5 Å². The van der Waals surface area contributed by atoms with Crippen molar-refractivity contribution in [2.24, 2.45) is 0 Å². The lowest BCUT2D eigenvalue weighted by molar-refractivity contribution is -0.141. The Morgan fingerprint density at radius 3 is 2.43 bits per heavy atom. The Bertz CT molecular complexity index is 846. The minimum atomic E-state index is -0.625. The van der Waals surface area contributed by atoms with Crippen LogP contribution in [0.15, 0.2) is 48.5 Å². The maximum absolute atomic E-state index is 13.0. The van der Waals surface area contributed by atoms with Crippen molar-refractivity contribution >= 4 is 35.0 Å². The van der Waals surface area contributed by atoms with Crippen LogP contribution in [0.3, 0.4) is 0 Å². The second-order valence-electron chi connectivity index (χ2n) is 7.18. The third-order valence-corrected chi connectivity index (χ3v) is 5.43. The fourth-order valence-electron chi connectivity index (χ4n) is 2.85. The number of hydrogen-bond acceptors (Lipinski definition) is 3. The van der Waals surface area contributed by atoms with Gasteiger partial charge in [0, 0.05) is 17.6 Å². The van der Waals surface area contributed by atoms with Gasteiger partial charge in [-0.25, -0.2) is 0 Å². The molecular formula is C23H28Cl2N2O3. The molecule has 0 aliphatic heterocycles. The Labute approximate surface area is 188 Å². The van der Waals surface area contributed by atoms with Crippen molar-refractivity contribution < 1.29 is 14.3 Å². The van der Waals surface area contributed by atoms with Crippen molar-refractivity contribution in [2.75, 3.05) is 13.2 Å². The highest BCUT2D eigenvalue weighted by Gasteiger charge is 2.26. The van der Waals surface area contributed by atoms with Gasteiger partial charge in [0.2, 0.25) is 5.91 Å². The largest absolute Gasteiger partial charge is 0.482 e. The van der Waals surface area contributed by atoms with E-state index in [4.69, 9.17) is 27.9 Å². The SMILES string of the molecule is CCC(C)NC(=O)C(C)N(CCc1ccccc1)C(=O)COc1ccc(Cl)cc1Cl. The molecule has 2 unspecified atom stereocenters. The number of hydrogen-bond donors (Lipinski definition) is 1. The van der Waals surface area contributed by atoms with Gasteiger partial charge in [0.1, 0.15) is 11.8 Å². The summed E-state index contributed by atoms with van der Waals surface area (Å²) in [5, 5.41) is 3.75. The lowest BCUT2D eigenvalue weighted by Crippen LogP contribution is -2.51. The molecule has 0 radical (unpaired) electrons. The Morgan fingerprint density at radius 1 is 1.10 bits per heavy atom. The minimum absolute atomic E-state index is 0.0372. The Morgan fingerprint density at radius 2 is 1.80 bits per heavy atom. The maximum atomic E-state index is 13.0. The smallest absolute Gasteiger partial charge is 0.261 e. The van der Waals surface area contributed by atoms with Crippen LogP contribution in [0.25, 0.3) is 0 Å². The highest BCUT2D eigenvalue weighted by atomic mass is 35.5. The molecule has 2 aromatic carbocycles. The van der Waals surface area contributed by atoms with Crippen molar-refractivity contribution in [1.29, 1.82) is 0 Å². The molecule has 0 aromatic heterocycles. The summed E-state index contributed by atoms with van der Waals surface area (Å²) in [7, 11) is 0. The van der Waals surface area contributed by atoms with Crippen LogP contribution in [-0.4, -0.2) is 41.9 Å². The number of nitrogens with zero attached hydrogens (tertiary/aromatic N) is 1. The van der Waals surface area contributed by atoms with E-state index in [1.165, 1.54) is 0 Å². The number of nitrogens with one attached hydrogen (secondary N) is 1. The summed E-state index contributed by atoms with van der Waals surface area (Å²) >= 11 is 12.0. The average Bonchev–Trinajstić information content (AvgIpc) is 2.73. The van der Waals surface area contributed by atoms with Gasteiger partial charge >= 0.3 is 0 Å². The number of halogens is 2. The van der Waals surface area contributed by atoms with Crippen LogP contribution in [0.5, 0.6) is 5.75 Å². The fraction of sp³-hybridized carbons (Fsp3) is 0.391. The molecule has 7 heteroatoms. The summed E-state index contributed by atoms with van der Waals surface area (Å²) in [5.74, 6) is -0.104. The summed E-state index contributed by atoms with van der Waals surface area (Å²) in [6, 6.07) is 14.1. The van der Waals surface area contributed by atoms with Crippen LogP contribution >= 0.6 is 23.2 Å². The molecule has 2 rings (SSSR count). The first-order valence-corrected chi connectivity index (χ1v) is 10.8. The Kier molecular flexibility index (Phi) is 9.47. The maximum Gasteiger partial charge on any atom is 0.261 e. The number of carbonyl (C=O) groups excluding carboxylic acids is 2. The number of amides is 2. The predicted octanol–water partition coefficient (Wildman–Crippen LogP) is 4.75. The van der Waals surface area contributed by atoms with E-state index >= 15 is 0 Å². The summed E-state index contributed by atoms with van der Waals surface area (Å²) in [4.78, 5) is 27.2. The molecule has 30 heavy (non-hydrogen) atoms. The van der Waals surface area contributed by atoms with Gasteiger partial charge in [-0.2, -0.15) is 0 Å². The van der Waals surface area contributed by atoms with Crippen molar-refractivity contribution in [1.82, 2.24) is 10.2 Å². The summed E-state index contributed by atoms with van der Waals surface area (Å²) in [6.45, 7) is 5.84. The molecule has 0 bridgehead atoms. The molecule has 2 amide bonds. The Balaban J connectivity index is 2.09.